The summed E-state index contributed by atoms with van der Waals surface area (Å²) in [5.41, 5.74) is 0. The predicted molar refractivity (Wildman–Crippen MR) is 78.9 cm³/mol. The smallest absolute Gasteiger partial charge is 0.221 e. The molecule has 1 aromatic carbocycles. The molecule has 0 spiro atoms. The first-order valence-electron chi connectivity index (χ1n) is 6.13. The van der Waals surface area contributed by atoms with Crippen molar-refractivity contribution in [2.75, 3.05) is 18.8 Å². The molecule has 1 heterocycles. The first kappa shape index (κ1) is 13.9. The van der Waals surface area contributed by atoms with Gasteiger partial charge in [0, 0.05) is 34.1 Å². The van der Waals surface area contributed by atoms with Crippen LogP contribution in [-0.4, -0.2) is 30.8 Å². The highest BCUT2D eigenvalue weighted by atomic mass is 79.9. The highest BCUT2D eigenvalue weighted by Gasteiger charge is 2.16. The van der Waals surface area contributed by atoms with Crippen LogP contribution < -0.4 is 10.6 Å². The molecule has 18 heavy (non-hydrogen) atoms. The van der Waals surface area contributed by atoms with Gasteiger partial charge in [-0.2, -0.15) is 0 Å². The molecule has 0 aliphatic carbocycles. The molecule has 0 radical (unpaired) electrons. The number of thioether (sulfide) groups is 1. The van der Waals surface area contributed by atoms with Gasteiger partial charge in [-0.15, -0.1) is 11.8 Å². The third kappa shape index (κ3) is 4.30. The Kier molecular flexibility index (Phi) is 5.53. The minimum atomic E-state index is 0.156. The van der Waals surface area contributed by atoms with Crippen molar-refractivity contribution in [3.63, 3.8) is 0 Å². The maximum atomic E-state index is 11.7. The van der Waals surface area contributed by atoms with Gasteiger partial charge in [0.25, 0.3) is 0 Å². The lowest BCUT2D eigenvalue weighted by Gasteiger charge is -2.11. The van der Waals surface area contributed by atoms with E-state index in [4.69, 9.17) is 0 Å². The summed E-state index contributed by atoms with van der Waals surface area (Å²) in [6.45, 7) is 1.92. The SMILES string of the molecule is O=C(CCSc1ccccc1Br)NC1CCNC1. The van der Waals surface area contributed by atoms with E-state index in [9.17, 15) is 4.79 Å². The van der Waals surface area contributed by atoms with E-state index in [1.54, 1.807) is 11.8 Å². The molecule has 1 fully saturated rings. The van der Waals surface area contributed by atoms with E-state index in [1.165, 1.54) is 4.90 Å². The Hall–Kier alpha value is -0.520. The van der Waals surface area contributed by atoms with E-state index < -0.39 is 0 Å². The van der Waals surface area contributed by atoms with E-state index in [-0.39, 0.29) is 5.91 Å². The molecule has 2 N–H and O–H groups in total. The van der Waals surface area contributed by atoms with Gasteiger partial charge in [0.1, 0.15) is 0 Å². The van der Waals surface area contributed by atoms with E-state index >= 15 is 0 Å². The van der Waals surface area contributed by atoms with E-state index in [1.807, 2.05) is 18.2 Å². The average molecular weight is 329 g/mol. The molecule has 1 saturated heterocycles. The molecule has 1 aromatic rings. The zero-order chi connectivity index (χ0) is 12.8. The van der Waals surface area contributed by atoms with Gasteiger partial charge in [-0.05, 0) is 41.0 Å². The van der Waals surface area contributed by atoms with Gasteiger partial charge in [0.15, 0.2) is 0 Å². The molecule has 98 valence electrons. The van der Waals surface area contributed by atoms with Crippen molar-refractivity contribution < 1.29 is 4.79 Å². The Balaban J connectivity index is 1.68. The molecule has 2 rings (SSSR count). The molecule has 0 aromatic heterocycles. The summed E-state index contributed by atoms with van der Waals surface area (Å²) in [6, 6.07) is 8.41. The van der Waals surface area contributed by atoms with Crippen molar-refractivity contribution >= 4 is 33.6 Å². The Bertz CT molecular complexity index is 408. The lowest BCUT2D eigenvalue weighted by atomic mass is 10.2. The first-order chi connectivity index (χ1) is 8.75. The third-order valence-corrected chi connectivity index (χ3v) is 4.88. The van der Waals surface area contributed by atoms with Crippen molar-refractivity contribution in [3.8, 4) is 0 Å². The van der Waals surface area contributed by atoms with Gasteiger partial charge < -0.3 is 10.6 Å². The zero-order valence-corrected chi connectivity index (χ0v) is 12.5. The van der Waals surface area contributed by atoms with Crippen LogP contribution in [0.3, 0.4) is 0 Å². The normalized spacial score (nSPS) is 18.8. The third-order valence-electron chi connectivity index (χ3n) is 2.85. The summed E-state index contributed by atoms with van der Waals surface area (Å²) in [4.78, 5) is 12.9. The van der Waals surface area contributed by atoms with Gasteiger partial charge >= 0.3 is 0 Å². The van der Waals surface area contributed by atoms with Crippen molar-refractivity contribution in [1.29, 1.82) is 0 Å². The number of carbonyl (C=O) groups is 1. The van der Waals surface area contributed by atoms with Crippen LogP contribution in [-0.2, 0) is 4.79 Å². The second-order valence-corrected chi connectivity index (χ2v) is 6.28. The number of rotatable bonds is 5. The fourth-order valence-corrected chi connectivity index (χ4v) is 3.41. The molecular weight excluding hydrogens is 312 g/mol. The standard InChI is InChI=1S/C13H17BrN2OS/c14-11-3-1-2-4-12(11)18-8-6-13(17)16-10-5-7-15-9-10/h1-4,10,15H,5-9H2,(H,16,17). The summed E-state index contributed by atoms with van der Waals surface area (Å²) in [5.74, 6) is 0.970. The molecule has 0 saturated carbocycles. The minimum absolute atomic E-state index is 0.156. The van der Waals surface area contributed by atoms with Gasteiger partial charge in [-0.1, -0.05) is 12.1 Å². The fraction of sp³-hybridized carbons (Fsp3) is 0.462. The van der Waals surface area contributed by atoms with Crippen molar-refractivity contribution in [1.82, 2.24) is 10.6 Å². The highest BCUT2D eigenvalue weighted by Crippen LogP contribution is 2.27. The van der Waals surface area contributed by atoms with Crippen molar-refractivity contribution in [2.45, 2.75) is 23.8 Å². The molecule has 1 atom stereocenters. The number of hydrogen-bond acceptors (Lipinski definition) is 3. The van der Waals surface area contributed by atoms with Crippen LogP contribution in [0.15, 0.2) is 33.6 Å². The van der Waals surface area contributed by atoms with Gasteiger partial charge in [0.2, 0.25) is 5.91 Å². The average Bonchev–Trinajstić information content (AvgIpc) is 2.84. The number of benzene rings is 1. The highest BCUT2D eigenvalue weighted by molar-refractivity contribution is 9.10. The van der Waals surface area contributed by atoms with Crippen LogP contribution in [0.1, 0.15) is 12.8 Å². The van der Waals surface area contributed by atoms with Crippen molar-refractivity contribution in [3.05, 3.63) is 28.7 Å². The fourth-order valence-electron chi connectivity index (χ4n) is 1.89. The molecule has 0 bridgehead atoms. The molecular formula is C13H17BrN2OS. The maximum absolute atomic E-state index is 11.7. The molecule has 1 aliphatic rings. The molecule has 1 unspecified atom stereocenters. The summed E-state index contributed by atoms with van der Waals surface area (Å²) in [7, 11) is 0. The van der Waals surface area contributed by atoms with Crippen LogP contribution in [0.2, 0.25) is 0 Å². The number of nitrogens with one attached hydrogen (secondary N) is 2. The Morgan fingerprint density at radius 2 is 2.33 bits per heavy atom. The number of amides is 1. The van der Waals surface area contributed by atoms with Crippen LogP contribution in [0.4, 0.5) is 0 Å². The van der Waals surface area contributed by atoms with Crippen LogP contribution in [0.5, 0.6) is 0 Å². The first-order valence-corrected chi connectivity index (χ1v) is 7.91. The molecule has 3 nitrogen and oxygen atoms in total. The molecule has 1 aliphatic heterocycles. The van der Waals surface area contributed by atoms with Crippen LogP contribution in [0.25, 0.3) is 0 Å². The lowest BCUT2D eigenvalue weighted by molar-refractivity contribution is -0.121. The van der Waals surface area contributed by atoms with Crippen LogP contribution >= 0.6 is 27.7 Å². The molecule has 5 heteroatoms. The largest absolute Gasteiger partial charge is 0.352 e. The summed E-state index contributed by atoms with van der Waals surface area (Å²) in [6.07, 6.45) is 1.62. The zero-order valence-electron chi connectivity index (χ0n) is 10.1. The van der Waals surface area contributed by atoms with Gasteiger partial charge in [-0.25, -0.2) is 0 Å². The topological polar surface area (TPSA) is 41.1 Å². The van der Waals surface area contributed by atoms with E-state index in [0.29, 0.717) is 12.5 Å². The number of hydrogen-bond donors (Lipinski definition) is 2. The maximum Gasteiger partial charge on any atom is 0.221 e. The number of carbonyl (C=O) groups excluding carboxylic acids is 1. The Morgan fingerprint density at radius 3 is 3.06 bits per heavy atom. The second-order valence-electron chi connectivity index (χ2n) is 4.29. The monoisotopic (exact) mass is 328 g/mol. The minimum Gasteiger partial charge on any atom is -0.352 e. The summed E-state index contributed by atoms with van der Waals surface area (Å²) < 4.78 is 1.09. The quantitative estimate of drug-likeness (QED) is 0.815. The van der Waals surface area contributed by atoms with E-state index in [0.717, 1.165) is 29.7 Å². The Morgan fingerprint density at radius 1 is 1.50 bits per heavy atom. The van der Waals surface area contributed by atoms with Crippen molar-refractivity contribution in [2.24, 2.45) is 0 Å². The summed E-state index contributed by atoms with van der Waals surface area (Å²) in [5, 5.41) is 6.29. The van der Waals surface area contributed by atoms with Gasteiger partial charge in [0.05, 0.1) is 0 Å². The predicted octanol–water partition coefficient (Wildman–Crippen LogP) is 2.41. The lowest BCUT2D eigenvalue weighted by Crippen LogP contribution is -2.36. The summed E-state index contributed by atoms with van der Waals surface area (Å²) >= 11 is 5.21. The van der Waals surface area contributed by atoms with Gasteiger partial charge in [-0.3, -0.25) is 4.79 Å². The second kappa shape index (κ2) is 7.16. The Labute approximate surface area is 120 Å². The number of halogens is 1. The van der Waals surface area contributed by atoms with E-state index in [2.05, 4.69) is 32.6 Å². The van der Waals surface area contributed by atoms with Crippen LogP contribution in [0, 0.1) is 0 Å². The molecule has 1 amide bonds.